The van der Waals surface area contributed by atoms with Crippen molar-refractivity contribution < 1.29 is 17.6 Å². The second-order valence-corrected chi connectivity index (χ2v) is 5.82. The Balaban J connectivity index is 1.90. The van der Waals surface area contributed by atoms with Crippen LogP contribution in [0.25, 0.3) is 0 Å². The van der Waals surface area contributed by atoms with E-state index in [-0.39, 0.29) is 17.5 Å². The number of fused-ring (bicyclic) bond motifs is 1. The van der Waals surface area contributed by atoms with Crippen molar-refractivity contribution in [1.82, 2.24) is 4.90 Å². The number of alkyl halides is 3. The van der Waals surface area contributed by atoms with Gasteiger partial charge in [-0.25, -0.2) is 17.6 Å². The van der Waals surface area contributed by atoms with E-state index < -0.39 is 18.4 Å². The zero-order valence-electron chi connectivity index (χ0n) is 11.3. The average Bonchev–Trinajstić information content (AvgIpc) is 2.93. The van der Waals surface area contributed by atoms with Gasteiger partial charge in [0.2, 0.25) is 0 Å². The number of hydrogen-bond donors (Lipinski definition) is 0. The molecule has 20 heavy (non-hydrogen) atoms. The third-order valence-electron chi connectivity index (χ3n) is 4.58. The number of rotatable bonds is 2. The van der Waals surface area contributed by atoms with Crippen LogP contribution in [0.1, 0.15) is 42.4 Å². The molecule has 5 heteroatoms. The van der Waals surface area contributed by atoms with Crippen LogP contribution >= 0.6 is 0 Å². The molecule has 1 nitrogen and oxygen atoms in total. The van der Waals surface area contributed by atoms with Gasteiger partial charge >= 0.3 is 0 Å². The second-order valence-electron chi connectivity index (χ2n) is 5.82. The first kappa shape index (κ1) is 13.9. The monoisotopic (exact) mass is 287 g/mol. The minimum Gasteiger partial charge on any atom is -0.296 e. The van der Waals surface area contributed by atoms with Crippen molar-refractivity contribution in [3.8, 4) is 0 Å². The van der Waals surface area contributed by atoms with Crippen molar-refractivity contribution in [2.24, 2.45) is 0 Å². The molecule has 1 saturated heterocycles. The van der Waals surface area contributed by atoms with E-state index in [0.717, 1.165) is 6.07 Å². The molecule has 1 heterocycles. The van der Waals surface area contributed by atoms with Gasteiger partial charge in [-0.3, -0.25) is 4.90 Å². The molecule has 1 aromatic carbocycles. The first-order valence-electron chi connectivity index (χ1n) is 6.96. The lowest BCUT2D eigenvalue weighted by Crippen LogP contribution is -2.36. The van der Waals surface area contributed by atoms with E-state index in [9.17, 15) is 17.6 Å². The maximum atomic E-state index is 14.1. The van der Waals surface area contributed by atoms with Crippen molar-refractivity contribution in [1.29, 1.82) is 0 Å². The van der Waals surface area contributed by atoms with Crippen LogP contribution in [0.2, 0.25) is 0 Å². The van der Waals surface area contributed by atoms with Crippen LogP contribution in [0.5, 0.6) is 0 Å². The summed E-state index contributed by atoms with van der Waals surface area (Å²) < 4.78 is 52.9. The first-order valence-corrected chi connectivity index (χ1v) is 6.96. The van der Waals surface area contributed by atoms with Crippen molar-refractivity contribution in [3.05, 3.63) is 34.6 Å². The largest absolute Gasteiger partial charge is 0.296 e. The number of nitrogens with zero attached hydrogens (tertiary/aromatic N) is 1. The summed E-state index contributed by atoms with van der Waals surface area (Å²) in [5.74, 6) is -0.634. The van der Waals surface area contributed by atoms with Gasteiger partial charge in [-0.05, 0) is 36.1 Å². The number of hydrogen-bond acceptors (Lipinski definition) is 1. The van der Waals surface area contributed by atoms with E-state index in [2.05, 4.69) is 0 Å². The third-order valence-corrected chi connectivity index (χ3v) is 4.58. The van der Waals surface area contributed by atoms with E-state index in [1.54, 1.807) is 0 Å². The lowest BCUT2D eigenvalue weighted by molar-refractivity contribution is 0.151. The van der Waals surface area contributed by atoms with Crippen LogP contribution in [0, 0.1) is 5.82 Å². The van der Waals surface area contributed by atoms with Gasteiger partial charge in [0.1, 0.15) is 12.0 Å². The quantitative estimate of drug-likeness (QED) is 0.747. The minimum atomic E-state index is -2.66. The van der Waals surface area contributed by atoms with E-state index in [1.807, 2.05) is 11.8 Å². The van der Waals surface area contributed by atoms with Gasteiger partial charge in [-0.15, -0.1) is 0 Å². The highest BCUT2D eigenvalue weighted by Crippen LogP contribution is 2.40. The Labute approximate surface area is 115 Å². The fourth-order valence-electron chi connectivity index (χ4n) is 3.59. The van der Waals surface area contributed by atoms with Gasteiger partial charge in [0.25, 0.3) is 6.43 Å². The van der Waals surface area contributed by atoms with E-state index >= 15 is 0 Å². The summed E-state index contributed by atoms with van der Waals surface area (Å²) in [5, 5.41) is 0. The lowest BCUT2D eigenvalue weighted by atomic mass is 9.98. The summed E-state index contributed by atoms with van der Waals surface area (Å²) in [7, 11) is 0. The first-order chi connectivity index (χ1) is 9.47. The van der Waals surface area contributed by atoms with Crippen molar-refractivity contribution in [3.63, 3.8) is 0 Å². The van der Waals surface area contributed by atoms with Crippen molar-refractivity contribution in [2.45, 2.75) is 44.3 Å². The summed E-state index contributed by atoms with van der Waals surface area (Å²) in [6.07, 6.45) is -2.45. The van der Waals surface area contributed by atoms with Crippen LogP contribution < -0.4 is 0 Å². The molecule has 0 saturated carbocycles. The molecular formula is C15H17F4N. The zero-order chi connectivity index (χ0) is 14.4. The topological polar surface area (TPSA) is 3.24 Å². The van der Waals surface area contributed by atoms with Gasteiger partial charge in [0.15, 0.2) is 0 Å². The smallest absolute Gasteiger partial charge is 0.263 e. The molecule has 2 aliphatic rings. The van der Waals surface area contributed by atoms with Crippen LogP contribution in [0.4, 0.5) is 17.6 Å². The molecule has 3 atom stereocenters. The molecule has 110 valence electrons. The average molecular weight is 287 g/mol. The van der Waals surface area contributed by atoms with Gasteiger partial charge < -0.3 is 0 Å². The fraction of sp³-hybridized carbons (Fsp3) is 0.600. The molecule has 0 unspecified atom stereocenters. The van der Waals surface area contributed by atoms with Gasteiger partial charge in [0.05, 0.1) is 0 Å². The summed E-state index contributed by atoms with van der Waals surface area (Å²) in [4.78, 5) is 2.02. The minimum absolute atomic E-state index is 0.0215. The molecular weight excluding hydrogens is 270 g/mol. The molecule has 0 spiro atoms. The molecule has 0 bridgehead atoms. The maximum Gasteiger partial charge on any atom is 0.263 e. The van der Waals surface area contributed by atoms with Crippen molar-refractivity contribution >= 4 is 0 Å². The molecule has 0 N–H and O–H groups in total. The molecule has 1 aliphatic heterocycles. The Kier molecular flexibility index (Phi) is 3.48. The highest BCUT2D eigenvalue weighted by molar-refractivity contribution is 5.42. The molecule has 0 amide bonds. The van der Waals surface area contributed by atoms with Gasteiger partial charge in [0, 0.05) is 30.6 Å². The Morgan fingerprint density at radius 2 is 2.05 bits per heavy atom. The zero-order valence-corrected chi connectivity index (χ0v) is 11.3. The Bertz CT molecular complexity index is 517. The van der Waals surface area contributed by atoms with E-state index in [1.165, 1.54) is 6.07 Å². The Morgan fingerprint density at radius 1 is 1.30 bits per heavy atom. The predicted molar refractivity (Wildman–Crippen MR) is 68.4 cm³/mol. The van der Waals surface area contributed by atoms with Crippen LogP contribution in [-0.4, -0.2) is 30.2 Å². The Morgan fingerprint density at radius 3 is 2.65 bits per heavy atom. The highest BCUT2D eigenvalue weighted by atomic mass is 19.3. The van der Waals surface area contributed by atoms with E-state index in [4.69, 9.17) is 0 Å². The summed E-state index contributed by atoms with van der Waals surface area (Å²) in [6.45, 7) is 2.92. The fourth-order valence-corrected chi connectivity index (χ4v) is 3.59. The highest BCUT2D eigenvalue weighted by Gasteiger charge is 2.38. The van der Waals surface area contributed by atoms with E-state index in [0.29, 0.717) is 37.1 Å². The lowest BCUT2D eigenvalue weighted by Gasteiger charge is -2.27. The predicted octanol–water partition coefficient (Wildman–Crippen LogP) is 3.84. The third kappa shape index (κ3) is 2.22. The molecule has 0 aromatic heterocycles. The van der Waals surface area contributed by atoms with Crippen LogP contribution in [0.15, 0.2) is 12.1 Å². The summed E-state index contributed by atoms with van der Waals surface area (Å²) >= 11 is 0. The van der Waals surface area contributed by atoms with Crippen LogP contribution in [-0.2, 0) is 6.42 Å². The Hall–Kier alpha value is -1.10. The van der Waals surface area contributed by atoms with Gasteiger partial charge in [-0.2, -0.15) is 0 Å². The standard InChI is InChI=1S/C15H17F4N/c1-8-13(20-3-2-11(16)7-20)6-9-4-10(15(18)19)5-12(17)14(8)9/h4-5,8,11,13,15H,2-3,6-7H2,1H3/t8-,11-,13+/m0/s1. The number of benzene rings is 1. The normalized spacial score (nSPS) is 30.2. The van der Waals surface area contributed by atoms with Crippen LogP contribution in [0.3, 0.4) is 0 Å². The summed E-state index contributed by atoms with van der Waals surface area (Å²) in [6, 6.07) is 2.36. The number of halogens is 4. The van der Waals surface area contributed by atoms with Gasteiger partial charge in [-0.1, -0.05) is 6.92 Å². The molecule has 1 aliphatic carbocycles. The number of likely N-dealkylation sites (tertiary alicyclic amines) is 1. The molecule has 1 aromatic rings. The summed E-state index contributed by atoms with van der Waals surface area (Å²) in [5.41, 5.74) is 0.917. The maximum absolute atomic E-state index is 14.1. The molecule has 3 rings (SSSR count). The SMILES string of the molecule is C[C@@H]1c2c(F)cc(C(F)F)cc2C[C@H]1N1CC[C@H](F)C1. The second kappa shape index (κ2) is 5.02. The van der Waals surface area contributed by atoms with Crippen molar-refractivity contribution in [2.75, 3.05) is 13.1 Å². The molecule has 1 fully saturated rings. The molecule has 0 radical (unpaired) electrons.